The second-order valence-corrected chi connectivity index (χ2v) is 8.57. The quantitative estimate of drug-likeness (QED) is 0.188. The molecule has 7 nitrogen and oxygen atoms in total. The number of hydrogen-bond donors (Lipinski definition) is 2. The second-order valence-electron chi connectivity index (χ2n) is 8.57. The zero-order valence-corrected chi connectivity index (χ0v) is 22.1. The second kappa shape index (κ2) is 15.8. The average molecular weight is 560 g/mol. The van der Waals surface area contributed by atoms with Crippen LogP contribution < -0.4 is 10.6 Å². The fraction of sp³-hybridized carbons (Fsp3) is 0.708. The van der Waals surface area contributed by atoms with Crippen molar-refractivity contribution >= 4 is 29.9 Å². The third kappa shape index (κ3) is 9.51. The van der Waals surface area contributed by atoms with Crippen molar-refractivity contribution < 1.29 is 9.47 Å². The first-order valence-electron chi connectivity index (χ1n) is 11.9. The molecule has 0 aliphatic carbocycles. The van der Waals surface area contributed by atoms with Crippen molar-refractivity contribution in [1.29, 1.82) is 0 Å². The van der Waals surface area contributed by atoms with Gasteiger partial charge in [-0.05, 0) is 38.3 Å². The molecule has 0 spiro atoms. The number of halogens is 1. The molecule has 2 fully saturated rings. The lowest BCUT2D eigenvalue weighted by molar-refractivity contribution is 0.0168. The highest BCUT2D eigenvalue weighted by Gasteiger charge is 2.25. The highest BCUT2D eigenvalue weighted by atomic mass is 127. The van der Waals surface area contributed by atoms with Crippen LogP contribution in [0.4, 0.5) is 0 Å². The Morgan fingerprint density at radius 3 is 2.66 bits per heavy atom. The first kappa shape index (κ1) is 27.3. The maximum absolute atomic E-state index is 5.72. The average Bonchev–Trinajstić information content (AvgIpc) is 3.32. The summed E-state index contributed by atoms with van der Waals surface area (Å²) in [4.78, 5) is 9.40. The SMILES string of the molecule is CN=C(NCCCOCC1CCCO1)NCCCN1CCN(C)CC1c1ccccc1.I. The molecule has 2 heterocycles. The molecule has 0 amide bonds. The van der Waals surface area contributed by atoms with Crippen LogP contribution >= 0.6 is 24.0 Å². The maximum atomic E-state index is 5.72. The Kier molecular flexibility index (Phi) is 13.5. The van der Waals surface area contributed by atoms with Crippen molar-refractivity contribution in [2.45, 2.75) is 37.8 Å². The van der Waals surface area contributed by atoms with Crippen LogP contribution in [-0.2, 0) is 9.47 Å². The summed E-state index contributed by atoms with van der Waals surface area (Å²) in [5, 5.41) is 6.83. The lowest BCUT2D eigenvalue weighted by Gasteiger charge is -2.40. The Hall–Kier alpha value is -0.940. The minimum absolute atomic E-state index is 0. The number of aliphatic imine (C=N–C) groups is 1. The van der Waals surface area contributed by atoms with E-state index in [1.807, 2.05) is 7.05 Å². The van der Waals surface area contributed by atoms with E-state index in [9.17, 15) is 0 Å². The third-order valence-electron chi connectivity index (χ3n) is 6.10. The fourth-order valence-corrected chi connectivity index (χ4v) is 4.30. The number of ether oxygens (including phenoxy) is 2. The van der Waals surface area contributed by atoms with Gasteiger partial charge in [0.25, 0.3) is 0 Å². The Balaban J connectivity index is 0.00000363. The van der Waals surface area contributed by atoms with E-state index in [4.69, 9.17) is 9.47 Å². The summed E-state index contributed by atoms with van der Waals surface area (Å²) in [5.74, 6) is 0.872. The highest BCUT2D eigenvalue weighted by Crippen LogP contribution is 2.24. The van der Waals surface area contributed by atoms with Crippen LogP contribution in [0.3, 0.4) is 0 Å². The molecular formula is C24H42IN5O2. The Labute approximate surface area is 211 Å². The molecule has 3 rings (SSSR count). The lowest BCUT2D eigenvalue weighted by Crippen LogP contribution is -2.47. The molecular weight excluding hydrogens is 517 g/mol. The number of piperazine rings is 1. The zero-order chi connectivity index (χ0) is 21.7. The van der Waals surface area contributed by atoms with Crippen LogP contribution in [0.5, 0.6) is 0 Å². The molecule has 2 N–H and O–H groups in total. The molecule has 2 unspecified atom stereocenters. The molecule has 182 valence electrons. The number of nitrogens with one attached hydrogen (secondary N) is 2. The summed E-state index contributed by atoms with van der Waals surface area (Å²) in [6.45, 7) is 8.59. The van der Waals surface area contributed by atoms with Gasteiger partial charge in [-0.2, -0.15) is 0 Å². The molecule has 2 aliphatic heterocycles. The lowest BCUT2D eigenvalue weighted by atomic mass is 10.0. The molecule has 2 aliphatic rings. The van der Waals surface area contributed by atoms with Gasteiger partial charge in [-0.3, -0.25) is 9.89 Å². The van der Waals surface area contributed by atoms with Gasteiger partial charge in [0.15, 0.2) is 5.96 Å². The minimum atomic E-state index is 0. The molecule has 0 radical (unpaired) electrons. The van der Waals surface area contributed by atoms with Crippen molar-refractivity contribution in [3.63, 3.8) is 0 Å². The van der Waals surface area contributed by atoms with Crippen molar-refractivity contribution in [1.82, 2.24) is 20.4 Å². The van der Waals surface area contributed by atoms with Gasteiger partial charge in [-0.1, -0.05) is 30.3 Å². The molecule has 1 aromatic rings. The van der Waals surface area contributed by atoms with E-state index >= 15 is 0 Å². The highest BCUT2D eigenvalue weighted by molar-refractivity contribution is 14.0. The van der Waals surface area contributed by atoms with Crippen molar-refractivity contribution in [3.05, 3.63) is 35.9 Å². The van der Waals surface area contributed by atoms with Crippen molar-refractivity contribution in [3.8, 4) is 0 Å². The fourth-order valence-electron chi connectivity index (χ4n) is 4.30. The summed E-state index contributed by atoms with van der Waals surface area (Å²) >= 11 is 0. The van der Waals surface area contributed by atoms with Crippen LogP contribution in [0.2, 0.25) is 0 Å². The third-order valence-corrected chi connectivity index (χ3v) is 6.10. The van der Waals surface area contributed by atoms with E-state index in [0.717, 1.165) is 84.3 Å². The van der Waals surface area contributed by atoms with Crippen LogP contribution in [0.15, 0.2) is 35.3 Å². The standard InChI is InChI=1S/C24H41N5O2.HI/c1-25-24(27-13-8-17-30-20-22-11-6-18-31-22)26-12-7-14-29-16-15-28(2)19-23(29)21-9-4-3-5-10-21;/h3-5,9-10,22-23H,6-8,11-20H2,1-2H3,(H2,25,26,27);1H. The number of benzene rings is 1. The molecule has 0 bridgehead atoms. The van der Waals surface area contributed by atoms with Crippen LogP contribution in [0.25, 0.3) is 0 Å². The molecule has 0 aromatic heterocycles. The molecule has 2 saturated heterocycles. The summed E-state index contributed by atoms with van der Waals surface area (Å²) in [6, 6.07) is 11.4. The topological polar surface area (TPSA) is 61.4 Å². The summed E-state index contributed by atoms with van der Waals surface area (Å²) in [7, 11) is 4.05. The van der Waals surface area contributed by atoms with Crippen LogP contribution in [0, 0.1) is 0 Å². The largest absolute Gasteiger partial charge is 0.379 e. The Morgan fingerprint density at radius 1 is 1.16 bits per heavy atom. The molecule has 8 heteroatoms. The normalized spacial score (nSPS) is 22.5. The molecule has 0 saturated carbocycles. The molecule has 2 atom stereocenters. The van der Waals surface area contributed by atoms with Gasteiger partial charge in [0.2, 0.25) is 0 Å². The monoisotopic (exact) mass is 559 g/mol. The van der Waals surface area contributed by atoms with Gasteiger partial charge in [0.1, 0.15) is 0 Å². The number of rotatable bonds is 11. The van der Waals surface area contributed by atoms with E-state index in [1.165, 1.54) is 12.0 Å². The van der Waals surface area contributed by atoms with E-state index in [2.05, 4.69) is 62.8 Å². The molecule has 1 aromatic carbocycles. The number of nitrogens with zero attached hydrogens (tertiary/aromatic N) is 3. The van der Waals surface area contributed by atoms with E-state index in [0.29, 0.717) is 12.1 Å². The van der Waals surface area contributed by atoms with Crippen molar-refractivity contribution in [2.24, 2.45) is 4.99 Å². The maximum Gasteiger partial charge on any atom is 0.190 e. The molecule has 32 heavy (non-hydrogen) atoms. The van der Waals surface area contributed by atoms with Crippen molar-refractivity contribution in [2.75, 3.05) is 73.2 Å². The number of hydrogen-bond acceptors (Lipinski definition) is 5. The van der Waals surface area contributed by atoms with Gasteiger partial charge in [0, 0.05) is 65.6 Å². The van der Waals surface area contributed by atoms with Gasteiger partial charge in [-0.15, -0.1) is 24.0 Å². The minimum Gasteiger partial charge on any atom is -0.379 e. The van der Waals surface area contributed by atoms with Gasteiger partial charge < -0.3 is 25.0 Å². The Morgan fingerprint density at radius 2 is 1.94 bits per heavy atom. The van der Waals surface area contributed by atoms with Gasteiger partial charge >= 0.3 is 0 Å². The van der Waals surface area contributed by atoms with E-state index < -0.39 is 0 Å². The summed E-state index contributed by atoms with van der Waals surface area (Å²) in [6.07, 6.45) is 4.67. The van der Waals surface area contributed by atoms with E-state index in [-0.39, 0.29) is 24.0 Å². The predicted octanol–water partition coefficient (Wildman–Crippen LogP) is 2.73. The van der Waals surface area contributed by atoms with Crippen LogP contribution in [-0.4, -0.2) is 95.0 Å². The predicted molar refractivity (Wildman–Crippen MR) is 142 cm³/mol. The Bertz CT molecular complexity index is 643. The van der Waals surface area contributed by atoms with Gasteiger partial charge in [0.05, 0.1) is 12.7 Å². The summed E-state index contributed by atoms with van der Waals surface area (Å²) in [5.41, 5.74) is 1.42. The van der Waals surface area contributed by atoms with Crippen LogP contribution in [0.1, 0.15) is 37.3 Å². The number of likely N-dealkylation sites (N-methyl/N-ethyl adjacent to an activating group) is 1. The number of guanidine groups is 1. The smallest absolute Gasteiger partial charge is 0.190 e. The summed E-state index contributed by atoms with van der Waals surface area (Å²) < 4.78 is 11.3. The van der Waals surface area contributed by atoms with E-state index in [1.54, 1.807) is 0 Å². The zero-order valence-electron chi connectivity index (χ0n) is 19.8. The first-order valence-corrected chi connectivity index (χ1v) is 11.9. The first-order chi connectivity index (χ1) is 15.3. The van der Waals surface area contributed by atoms with Gasteiger partial charge in [-0.25, -0.2) is 0 Å².